The maximum atomic E-state index is 13.0. The molecule has 8 atom stereocenters. The number of likely N-dealkylation sites (tertiary alicyclic amines) is 1. The molecule has 0 bridgehead atoms. The number of hydrogen-bond acceptors (Lipinski definition) is 34. The molecule has 104 heavy (non-hydrogen) atoms. The van der Waals surface area contributed by atoms with Crippen molar-refractivity contribution in [3.8, 4) is 0 Å². The summed E-state index contributed by atoms with van der Waals surface area (Å²) < 4.78 is 127. The largest absolute Gasteiger partial charge is 1.00 e. The van der Waals surface area contributed by atoms with Crippen molar-refractivity contribution in [3.05, 3.63) is 12.7 Å². The summed E-state index contributed by atoms with van der Waals surface area (Å²) in [5, 5.41) is 25.9. The third-order valence-corrected chi connectivity index (χ3v) is 18.0. The fourth-order valence-electron chi connectivity index (χ4n) is 8.75. The van der Waals surface area contributed by atoms with E-state index < -0.39 is 95.7 Å². The number of nitrogen functional groups attached to an aromatic ring is 1. The standard InChI is InChI=1S/C56H99N8O31P3S.C2H6.CH4.2Na/c1-4-12-79-14-16-81-18-20-83-22-24-85-26-28-87-30-32-89-34-35-90-33-31-88-29-27-86-25-23-84-21-19-82-17-15-80-13-8-42(65)6-5-11-63-46(67)37-44(54(63)71)99-36-10-58-45(66)7-9-59-53(70)50(69)56(2,3)39-92-98(77,78)95-97(75,76)91-38-43-49(94-96(72,73)74)48(68)55(93-43)64-41-62-47-51(57)60-40-61-52(47)64;1-2;;;/h40-41,43-44,48-50,55,68-69H,4-39H2,1-3H3,(H,58,66)(H,59,70)(H,75,76)(H,77,78)(H2,57,60,61)(H2,72,73,74);1-2H3;1H4;;/q;;;2*+1/p-2/t43-,44?,48+,49?,50+,55-;;;;/m1..../s1. The Bertz CT molecular complexity index is 2820. The molecule has 4 unspecified atom stereocenters. The summed E-state index contributed by atoms with van der Waals surface area (Å²) in [5.41, 5.74) is 4.08. The van der Waals surface area contributed by atoms with Crippen LogP contribution in [0.25, 0.3) is 11.2 Å². The number of imide groups is 1. The van der Waals surface area contributed by atoms with Crippen LogP contribution in [0.2, 0.25) is 0 Å². The van der Waals surface area contributed by atoms with Crippen LogP contribution in [0.5, 0.6) is 0 Å². The molecule has 0 radical (unpaired) electrons. The molecule has 39 nitrogen and oxygen atoms in total. The second-order valence-corrected chi connectivity index (χ2v) is 27.7. The van der Waals surface area contributed by atoms with Crippen LogP contribution in [0.3, 0.4) is 0 Å². The molecule has 4 amide bonds. The van der Waals surface area contributed by atoms with Crippen molar-refractivity contribution in [2.45, 2.75) is 116 Å². The quantitative estimate of drug-likeness (QED) is 0.0140. The molecule has 2 aliphatic rings. The van der Waals surface area contributed by atoms with Crippen LogP contribution < -0.4 is 85.3 Å². The van der Waals surface area contributed by atoms with Gasteiger partial charge in [-0.25, -0.2) is 23.8 Å². The number of phosphoric ester groups is 3. The number of nitrogens with one attached hydrogen (secondary N) is 2. The zero-order chi connectivity index (χ0) is 74.4. The molecule has 2 aromatic rings. The van der Waals surface area contributed by atoms with Crippen LogP contribution >= 0.6 is 35.2 Å². The number of aliphatic hydroxyl groups is 2. The Labute approximate surface area is 655 Å². The van der Waals surface area contributed by atoms with E-state index in [2.05, 4.69) is 50.4 Å². The van der Waals surface area contributed by atoms with Gasteiger partial charge in [0.25, 0.3) is 15.6 Å². The molecule has 2 fully saturated rings. The number of anilines is 1. The van der Waals surface area contributed by atoms with Crippen LogP contribution in [0.4, 0.5) is 5.82 Å². The fraction of sp³-hybridized carbons (Fsp3) is 0.831. The molecule has 4 heterocycles. The van der Waals surface area contributed by atoms with Gasteiger partial charge in [0, 0.05) is 63.1 Å². The third kappa shape index (κ3) is 44.3. The van der Waals surface area contributed by atoms with E-state index in [-0.39, 0.29) is 166 Å². The van der Waals surface area contributed by atoms with Gasteiger partial charge in [0.1, 0.15) is 42.0 Å². The molecule has 0 spiro atoms. The minimum Gasteiger partial charge on any atom is -0.756 e. The number of amides is 4. The first kappa shape index (κ1) is 102. The molecular weight excluding hydrogens is 1490 g/mol. The molecule has 2 saturated heterocycles. The fourth-order valence-corrected chi connectivity index (χ4v) is 12.5. The van der Waals surface area contributed by atoms with Gasteiger partial charge in [0.15, 0.2) is 17.7 Å². The Morgan fingerprint density at radius 2 is 1.15 bits per heavy atom. The molecule has 2 aromatic heterocycles. The molecule has 0 aliphatic carbocycles. The molecule has 4 rings (SSSR count). The smallest absolute Gasteiger partial charge is 0.756 e. The third-order valence-electron chi connectivity index (χ3n) is 13.8. The maximum Gasteiger partial charge on any atom is 1.00 e. The first-order valence-corrected chi connectivity index (χ1v) is 38.6. The molecule has 2 aliphatic heterocycles. The molecular formula is C59H107N8Na2O31P3S. The number of Topliss-reactive ketones (excluding diaryl/α,β-unsaturated/α-hetero) is 1. The number of hydrogen-bond donors (Lipinski definition) is 7. The molecule has 0 aromatic carbocycles. The van der Waals surface area contributed by atoms with E-state index in [1.54, 1.807) is 0 Å². The number of carbonyl (C=O) groups is 5. The van der Waals surface area contributed by atoms with Crippen LogP contribution in [0, 0.1) is 5.41 Å². The second-order valence-electron chi connectivity index (χ2n) is 22.2. The number of nitrogens with two attached hydrogens (primary N) is 1. The van der Waals surface area contributed by atoms with E-state index in [0.717, 1.165) is 46.9 Å². The average Bonchev–Trinajstić information content (AvgIpc) is 1.62. The van der Waals surface area contributed by atoms with Crippen LogP contribution in [-0.4, -0.2) is 301 Å². The SMILES string of the molecule is C.CC.CCCOCCOCCOCCOCCOCCOCCOCCOCCOCCOCCOCCOCCC(=O)CCCN1C(=O)CC(SCCNC(=O)CCNC(=O)[C@H](O)C(C)(C)COP(=O)([O-])OP(=O)([O-])OC[C@H]2O[C@@H](n3cnc4c(N)ncnc43)[C@@H](O)C2OP(=O)(O)O)C1=O.[Na+].[Na+]. The van der Waals surface area contributed by atoms with Gasteiger partial charge >= 0.3 is 66.9 Å². The molecule has 0 saturated carbocycles. The normalized spacial score (nSPS) is 18.2. The Balaban J connectivity index is 0.0000210. The van der Waals surface area contributed by atoms with Gasteiger partial charge in [0.2, 0.25) is 23.6 Å². The summed E-state index contributed by atoms with van der Waals surface area (Å²) in [6, 6.07) is 0. The van der Waals surface area contributed by atoms with Crippen LogP contribution in [-0.2, 0) is 117 Å². The summed E-state index contributed by atoms with van der Waals surface area (Å²) >= 11 is 1.16. The van der Waals surface area contributed by atoms with Gasteiger partial charge in [0.05, 0.1) is 177 Å². The van der Waals surface area contributed by atoms with Gasteiger partial charge in [-0.2, -0.15) is 0 Å². The number of phosphoric acid groups is 3. The zero-order valence-corrected chi connectivity index (χ0v) is 67.4. The minimum atomic E-state index is -5.94. The summed E-state index contributed by atoms with van der Waals surface area (Å²) in [6.45, 7) is 16.8. The first-order chi connectivity index (χ1) is 48.3. The number of aromatic nitrogens is 4. The van der Waals surface area contributed by atoms with Crippen LogP contribution in [0.15, 0.2) is 12.7 Å². The van der Waals surface area contributed by atoms with Crippen molar-refractivity contribution in [1.82, 2.24) is 35.1 Å². The summed E-state index contributed by atoms with van der Waals surface area (Å²) in [4.78, 5) is 120. The van der Waals surface area contributed by atoms with Crippen LogP contribution in [0.1, 0.15) is 86.8 Å². The number of fused-ring (bicyclic) bond motifs is 1. The molecule has 592 valence electrons. The van der Waals surface area contributed by atoms with Gasteiger partial charge in [-0.15, -0.1) is 11.8 Å². The van der Waals surface area contributed by atoms with E-state index in [1.165, 1.54) is 13.8 Å². The van der Waals surface area contributed by atoms with Gasteiger partial charge in [-0.3, -0.25) is 47.1 Å². The number of rotatable bonds is 62. The topological polar surface area (TPSA) is 517 Å². The van der Waals surface area contributed by atoms with Crippen molar-refractivity contribution in [1.29, 1.82) is 0 Å². The Kier molecular flexibility index (Phi) is 58.0. The summed E-state index contributed by atoms with van der Waals surface area (Å²) in [5.74, 6) is -2.27. The summed E-state index contributed by atoms with van der Waals surface area (Å²) in [6.07, 6.45) is -5.94. The zero-order valence-electron chi connectivity index (χ0n) is 59.9. The van der Waals surface area contributed by atoms with E-state index >= 15 is 0 Å². The van der Waals surface area contributed by atoms with Crippen molar-refractivity contribution in [2.24, 2.45) is 5.41 Å². The number of thioether (sulfide) groups is 1. The number of carbonyl (C=O) groups excluding carboxylic acids is 5. The van der Waals surface area contributed by atoms with E-state index in [4.69, 9.17) is 67.3 Å². The predicted molar refractivity (Wildman–Crippen MR) is 360 cm³/mol. The second kappa shape index (κ2) is 59.0. The maximum absolute atomic E-state index is 13.0. The number of aliphatic hydroxyl groups excluding tert-OH is 2. The van der Waals surface area contributed by atoms with Gasteiger partial charge in [-0.05, 0) is 12.8 Å². The van der Waals surface area contributed by atoms with E-state index in [9.17, 15) is 67.5 Å². The number of nitrogens with zero attached hydrogens (tertiary/aromatic N) is 5. The van der Waals surface area contributed by atoms with Gasteiger partial charge < -0.3 is 117 Å². The Morgan fingerprint density at radius 1 is 0.692 bits per heavy atom. The van der Waals surface area contributed by atoms with Crippen molar-refractivity contribution < 1.29 is 206 Å². The Morgan fingerprint density at radius 3 is 1.62 bits per heavy atom. The monoisotopic (exact) mass is 1590 g/mol. The van der Waals surface area contributed by atoms with Gasteiger partial charge in [-0.1, -0.05) is 42.0 Å². The summed E-state index contributed by atoms with van der Waals surface area (Å²) in [7, 11) is -17.2. The van der Waals surface area contributed by atoms with Crippen molar-refractivity contribution >= 4 is 81.6 Å². The average molecular weight is 1600 g/mol. The van der Waals surface area contributed by atoms with E-state index in [0.29, 0.717) is 139 Å². The Hall–Kier alpha value is -1.78. The number of ketones is 1. The number of ether oxygens (including phenoxy) is 13. The number of imidazole rings is 1. The molecule has 45 heteroatoms. The van der Waals surface area contributed by atoms with Crippen molar-refractivity contribution in [2.75, 3.05) is 203 Å². The minimum absolute atomic E-state index is 0. The van der Waals surface area contributed by atoms with E-state index in [1.807, 2.05) is 13.8 Å². The first-order valence-electron chi connectivity index (χ1n) is 33.1. The predicted octanol–water partition coefficient (Wildman–Crippen LogP) is -5.98. The molecule has 8 N–H and O–H groups in total. The van der Waals surface area contributed by atoms with Crippen molar-refractivity contribution in [3.63, 3.8) is 0 Å².